The monoisotopic (exact) mass is 406 g/mol. The van der Waals surface area contributed by atoms with Crippen LogP contribution in [0.25, 0.3) is 6.08 Å². The van der Waals surface area contributed by atoms with E-state index in [1.54, 1.807) is 30.3 Å². The Morgan fingerprint density at radius 3 is 2.48 bits per heavy atom. The van der Waals surface area contributed by atoms with E-state index in [0.717, 1.165) is 5.56 Å². The molecule has 0 saturated heterocycles. The summed E-state index contributed by atoms with van der Waals surface area (Å²) in [5, 5.41) is 12.5. The Labute approximate surface area is 172 Å². The lowest BCUT2D eigenvalue weighted by molar-refractivity contribution is -0.112. The second-order valence-electron chi connectivity index (χ2n) is 6.12. The van der Waals surface area contributed by atoms with E-state index >= 15 is 0 Å². The summed E-state index contributed by atoms with van der Waals surface area (Å²) in [6.45, 7) is 0.374. The van der Waals surface area contributed by atoms with E-state index in [2.05, 4.69) is 5.32 Å². The van der Waals surface area contributed by atoms with E-state index in [4.69, 9.17) is 16.3 Å². The number of nitrogens with zero attached hydrogens (tertiary/aromatic N) is 1. The first-order valence-electron chi connectivity index (χ1n) is 8.69. The predicted octanol–water partition coefficient (Wildman–Crippen LogP) is 5.60. The van der Waals surface area contributed by atoms with Gasteiger partial charge in [0.25, 0.3) is 5.91 Å². The zero-order chi connectivity index (χ0) is 20.6. The Morgan fingerprint density at radius 2 is 1.83 bits per heavy atom. The molecule has 0 spiro atoms. The molecule has 0 aliphatic rings. The van der Waals surface area contributed by atoms with Crippen molar-refractivity contribution in [2.24, 2.45) is 0 Å². The molecular formula is C23H16ClFN2O2. The lowest BCUT2D eigenvalue weighted by atomic mass is 10.1. The maximum atomic E-state index is 12.9. The molecule has 0 saturated carbocycles. The van der Waals surface area contributed by atoms with Gasteiger partial charge in [-0.15, -0.1) is 0 Å². The van der Waals surface area contributed by atoms with Crippen LogP contribution in [0.5, 0.6) is 5.75 Å². The van der Waals surface area contributed by atoms with Crippen LogP contribution in [0.3, 0.4) is 0 Å². The predicted molar refractivity (Wildman–Crippen MR) is 111 cm³/mol. The van der Waals surface area contributed by atoms with Crippen molar-refractivity contribution in [3.05, 3.63) is 100 Å². The van der Waals surface area contributed by atoms with E-state index < -0.39 is 11.7 Å². The second-order valence-corrected chi connectivity index (χ2v) is 6.55. The largest absolute Gasteiger partial charge is 0.489 e. The number of hydrogen-bond acceptors (Lipinski definition) is 3. The number of benzene rings is 3. The quantitative estimate of drug-likeness (QED) is 0.428. The Morgan fingerprint density at radius 1 is 1.10 bits per heavy atom. The van der Waals surface area contributed by atoms with Crippen LogP contribution in [0.4, 0.5) is 10.1 Å². The van der Waals surface area contributed by atoms with Gasteiger partial charge in [-0.25, -0.2) is 4.39 Å². The minimum atomic E-state index is -0.569. The van der Waals surface area contributed by atoms with E-state index in [1.165, 1.54) is 30.3 Å². The molecule has 0 bridgehead atoms. The van der Waals surface area contributed by atoms with Gasteiger partial charge < -0.3 is 10.1 Å². The van der Waals surface area contributed by atoms with Crippen molar-refractivity contribution >= 4 is 29.3 Å². The maximum Gasteiger partial charge on any atom is 0.266 e. The van der Waals surface area contributed by atoms with Crippen LogP contribution in [0, 0.1) is 17.1 Å². The molecule has 1 amide bonds. The van der Waals surface area contributed by atoms with Crippen molar-refractivity contribution < 1.29 is 13.9 Å². The molecule has 3 rings (SSSR count). The topological polar surface area (TPSA) is 62.1 Å². The number of carbonyl (C=O) groups excluding carboxylic acids is 1. The fourth-order valence-electron chi connectivity index (χ4n) is 2.50. The second kappa shape index (κ2) is 9.54. The van der Waals surface area contributed by atoms with Crippen LogP contribution in [0.15, 0.2) is 78.4 Å². The standard InChI is InChI=1S/C23H16ClFN2O2/c24-19-3-1-2-17(13-19)15-29-22-10-4-16(5-11-22)12-18(14-26)23(28)27-21-8-6-20(25)7-9-21/h1-13H,15H2,(H,27,28)/b18-12+. The van der Waals surface area contributed by atoms with Gasteiger partial charge in [0.05, 0.1) is 0 Å². The van der Waals surface area contributed by atoms with Crippen LogP contribution >= 0.6 is 11.6 Å². The van der Waals surface area contributed by atoms with Crippen molar-refractivity contribution in [1.29, 1.82) is 5.26 Å². The summed E-state index contributed by atoms with van der Waals surface area (Å²) in [4.78, 5) is 12.3. The average molecular weight is 407 g/mol. The SMILES string of the molecule is N#C/C(=C\c1ccc(OCc2cccc(Cl)c2)cc1)C(=O)Nc1ccc(F)cc1. The number of carbonyl (C=O) groups is 1. The molecule has 0 aliphatic carbocycles. The van der Waals surface area contributed by atoms with Gasteiger partial charge in [0.2, 0.25) is 0 Å². The molecule has 6 heteroatoms. The zero-order valence-electron chi connectivity index (χ0n) is 15.2. The van der Waals surface area contributed by atoms with Crippen molar-refractivity contribution in [1.82, 2.24) is 0 Å². The van der Waals surface area contributed by atoms with Crippen LogP contribution < -0.4 is 10.1 Å². The highest BCUT2D eigenvalue weighted by atomic mass is 35.5. The zero-order valence-corrected chi connectivity index (χ0v) is 16.0. The molecule has 29 heavy (non-hydrogen) atoms. The molecule has 144 valence electrons. The molecule has 0 aliphatic heterocycles. The van der Waals surface area contributed by atoms with Gasteiger partial charge in [-0.2, -0.15) is 5.26 Å². The number of halogens is 2. The highest BCUT2D eigenvalue weighted by molar-refractivity contribution is 6.30. The Balaban J connectivity index is 1.64. The van der Waals surface area contributed by atoms with Crippen molar-refractivity contribution in [2.45, 2.75) is 6.61 Å². The third-order valence-electron chi connectivity index (χ3n) is 3.95. The van der Waals surface area contributed by atoms with Crippen LogP contribution in [0.1, 0.15) is 11.1 Å². The Hall–Kier alpha value is -3.62. The third kappa shape index (κ3) is 5.93. The molecule has 0 aromatic heterocycles. The molecule has 0 heterocycles. The van der Waals surface area contributed by atoms with Gasteiger partial charge in [0, 0.05) is 10.7 Å². The maximum absolute atomic E-state index is 12.9. The van der Waals surface area contributed by atoms with E-state index in [-0.39, 0.29) is 5.57 Å². The van der Waals surface area contributed by atoms with E-state index in [0.29, 0.717) is 28.6 Å². The number of hydrogen-bond donors (Lipinski definition) is 1. The summed E-state index contributed by atoms with van der Waals surface area (Å²) in [5.41, 5.74) is 1.96. The summed E-state index contributed by atoms with van der Waals surface area (Å²) in [6.07, 6.45) is 1.47. The Bertz CT molecular complexity index is 1070. The molecule has 3 aromatic rings. The normalized spacial score (nSPS) is 10.9. The van der Waals surface area contributed by atoms with Gasteiger partial charge in [0.1, 0.15) is 29.8 Å². The minimum absolute atomic E-state index is 0.0677. The first-order chi connectivity index (χ1) is 14.0. The molecule has 0 atom stereocenters. The summed E-state index contributed by atoms with van der Waals surface area (Å²) in [6, 6.07) is 21.6. The van der Waals surface area contributed by atoms with Gasteiger partial charge >= 0.3 is 0 Å². The lowest BCUT2D eigenvalue weighted by Gasteiger charge is -2.07. The minimum Gasteiger partial charge on any atom is -0.489 e. The summed E-state index contributed by atoms with van der Waals surface area (Å²) in [5.74, 6) is -0.325. The number of nitrogens with one attached hydrogen (secondary N) is 1. The van der Waals surface area contributed by atoms with Crippen molar-refractivity contribution in [3.8, 4) is 11.8 Å². The molecule has 0 fully saturated rings. The molecule has 3 aromatic carbocycles. The number of rotatable bonds is 6. The number of ether oxygens (including phenoxy) is 1. The first kappa shape index (κ1) is 20.1. The first-order valence-corrected chi connectivity index (χ1v) is 9.07. The number of nitriles is 1. The molecular weight excluding hydrogens is 391 g/mol. The fraction of sp³-hybridized carbons (Fsp3) is 0.0435. The van der Waals surface area contributed by atoms with Gasteiger partial charge in [-0.1, -0.05) is 35.9 Å². The highest BCUT2D eigenvalue weighted by Gasteiger charge is 2.09. The van der Waals surface area contributed by atoms with Gasteiger partial charge in [0.15, 0.2) is 0 Å². The van der Waals surface area contributed by atoms with Crippen LogP contribution in [-0.4, -0.2) is 5.91 Å². The van der Waals surface area contributed by atoms with Crippen molar-refractivity contribution in [3.63, 3.8) is 0 Å². The van der Waals surface area contributed by atoms with Gasteiger partial charge in [-0.05, 0) is 65.7 Å². The fourth-order valence-corrected chi connectivity index (χ4v) is 2.71. The summed E-state index contributed by atoms with van der Waals surface area (Å²) in [7, 11) is 0. The Kier molecular flexibility index (Phi) is 6.62. The summed E-state index contributed by atoms with van der Waals surface area (Å²) < 4.78 is 18.7. The van der Waals surface area contributed by atoms with E-state index in [1.807, 2.05) is 24.3 Å². The lowest BCUT2D eigenvalue weighted by Crippen LogP contribution is -2.13. The highest BCUT2D eigenvalue weighted by Crippen LogP contribution is 2.18. The number of anilines is 1. The molecule has 1 N–H and O–H groups in total. The molecule has 4 nitrogen and oxygen atoms in total. The molecule has 0 radical (unpaired) electrons. The smallest absolute Gasteiger partial charge is 0.266 e. The van der Waals surface area contributed by atoms with Crippen LogP contribution in [-0.2, 0) is 11.4 Å². The van der Waals surface area contributed by atoms with Gasteiger partial charge in [-0.3, -0.25) is 4.79 Å². The van der Waals surface area contributed by atoms with E-state index in [9.17, 15) is 14.4 Å². The third-order valence-corrected chi connectivity index (χ3v) is 4.19. The summed E-state index contributed by atoms with van der Waals surface area (Å²) >= 11 is 5.96. The molecule has 0 unspecified atom stereocenters. The number of amides is 1. The van der Waals surface area contributed by atoms with Crippen molar-refractivity contribution in [2.75, 3.05) is 5.32 Å². The average Bonchev–Trinajstić information content (AvgIpc) is 2.73. The van der Waals surface area contributed by atoms with Crippen LogP contribution in [0.2, 0.25) is 5.02 Å².